The summed E-state index contributed by atoms with van der Waals surface area (Å²) in [6.07, 6.45) is 0. The number of thiazole rings is 1. The molecule has 116 valence electrons. The van der Waals surface area contributed by atoms with E-state index in [0.29, 0.717) is 21.1 Å². The number of thiol groups is 1. The van der Waals surface area contributed by atoms with Crippen LogP contribution in [0.15, 0.2) is 24.3 Å². The number of carboxylic acids is 1. The quantitative estimate of drug-likeness (QED) is 0.730. The lowest BCUT2D eigenvalue weighted by Crippen LogP contribution is -2.42. The first kappa shape index (κ1) is 16.4. The molecule has 5 nitrogen and oxygen atoms in total. The van der Waals surface area contributed by atoms with Gasteiger partial charge in [-0.05, 0) is 31.2 Å². The Bertz CT molecular complexity index is 701. The molecule has 0 aliphatic rings. The van der Waals surface area contributed by atoms with Gasteiger partial charge in [0.2, 0.25) is 0 Å². The molecule has 1 heterocycles. The molecule has 0 fully saturated rings. The zero-order chi connectivity index (χ0) is 16.3. The highest BCUT2D eigenvalue weighted by molar-refractivity contribution is 7.80. The van der Waals surface area contributed by atoms with Crippen LogP contribution in [-0.4, -0.2) is 33.8 Å². The third-order valence-corrected chi connectivity index (χ3v) is 4.45. The summed E-state index contributed by atoms with van der Waals surface area (Å²) in [4.78, 5) is 27.7. The summed E-state index contributed by atoms with van der Waals surface area (Å²) < 4.78 is 12.9. The number of aliphatic carboxylic acids is 1. The highest BCUT2D eigenvalue weighted by atomic mass is 32.1. The second-order valence-electron chi connectivity index (χ2n) is 4.49. The smallest absolute Gasteiger partial charge is 0.327 e. The van der Waals surface area contributed by atoms with E-state index in [2.05, 4.69) is 22.9 Å². The van der Waals surface area contributed by atoms with E-state index in [9.17, 15) is 14.0 Å². The molecule has 2 rings (SSSR count). The van der Waals surface area contributed by atoms with Gasteiger partial charge in [-0.25, -0.2) is 14.2 Å². The molecule has 1 aromatic carbocycles. The second kappa shape index (κ2) is 6.89. The maximum atomic E-state index is 12.9. The fourth-order valence-corrected chi connectivity index (χ4v) is 2.95. The van der Waals surface area contributed by atoms with Crippen molar-refractivity contribution >= 4 is 35.8 Å². The first-order chi connectivity index (χ1) is 10.4. The van der Waals surface area contributed by atoms with Crippen LogP contribution in [0.5, 0.6) is 0 Å². The topological polar surface area (TPSA) is 79.3 Å². The number of hydrogen-bond acceptors (Lipinski definition) is 5. The Morgan fingerprint density at radius 1 is 1.41 bits per heavy atom. The predicted octanol–water partition coefficient (Wildman–Crippen LogP) is 2.37. The van der Waals surface area contributed by atoms with Gasteiger partial charge < -0.3 is 10.4 Å². The molecule has 0 aliphatic heterocycles. The Kier molecular flexibility index (Phi) is 5.15. The third-order valence-electron chi connectivity index (χ3n) is 2.88. The van der Waals surface area contributed by atoms with Gasteiger partial charge in [-0.1, -0.05) is 0 Å². The maximum Gasteiger partial charge on any atom is 0.327 e. The molecule has 1 amide bonds. The lowest BCUT2D eigenvalue weighted by Gasteiger charge is -2.10. The number of aromatic nitrogens is 1. The fourth-order valence-electron chi connectivity index (χ4n) is 1.73. The summed E-state index contributed by atoms with van der Waals surface area (Å²) in [5.74, 6) is -2.02. The van der Waals surface area contributed by atoms with E-state index >= 15 is 0 Å². The summed E-state index contributed by atoms with van der Waals surface area (Å²) in [6.45, 7) is 1.66. The van der Waals surface area contributed by atoms with Crippen molar-refractivity contribution in [3.8, 4) is 10.6 Å². The predicted molar refractivity (Wildman–Crippen MR) is 85.0 cm³/mol. The molecule has 0 aliphatic carbocycles. The summed E-state index contributed by atoms with van der Waals surface area (Å²) in [6, 6.07) is 4.71. The number of nitrogens with one attached hydrogen (secondary N) is 1. The van der Waals surface area contributed by atoms with Crippen molar-refractivity contribution < 1.29 is 19.1 Å². The molecule has 0 spiro atoms. The van der Waals surface area contributed by atoms with Gasteiger partial charge in [-0.3, -0.25) is 4.79 Å². The van der Waals surface area contributed by atoms with Crippen molar-refractivity contribution in [1.82, 2.24) is 10.3 Å². The monoisotopic (exact) mass is 340 g/mol. The lowest BCUT2D eigenvalue weighted by molar-refractivity contribution is -0.138. The molecule has 1 aromatic heterocycles. The van der Waals surface area contributed by atoms with Crippen molar-refractivity contribution in [2.24, 2.45) is 0 Å². The minimum absolute atomic E-state index is 0.0102. The molecule has 1 unspecified atom stereocenters. The van der Waals surface area contributed by atoms with Gasteiger partial charge in [0.05, 0.1) is 5.69 Å². The van der Waals surface area contributed by atoms with Gasteiger partial charge in [0.15, 0.2) is 0 Å². The highest BCUT2D eigenvalue weighted by Gasteiger charge is 2.22. The van der Waals surface area contributed by atoms with Crippen molar-refractivity contribution in [1.29, 1.82) is 0 Å². The Labute approximate surface area is 135 Å². The van der Waals surface area contributed by atoms with Crippen LogP contribution in [0.25, 0.3) is 10.6 Å². The molecule has 2 aromatic rings. The standard InChI is InChI=1S/C14H13FN2O3S2/c1-7-11(12(18)17-10(6-21)14(19)20)22-13(16-7)8-2-4-9(15)5-3-8/h2-5,10,21H,6H2,1H3,(H,17,18)(H,19,20). The number of halogens is 1. The number of carbonyl (C=O) groups excluding carboxylic acids is 1. The second-order valence-corrected chi connectivity index (χ2v) is 5.85. The molecule has 1 atom stereocenters. The molecule has 0 radical (unpaired) electrons. The lowest BCUT2D eigenvalue weighted by atomic mass is 10.2. The number of amides is 1. The summed E-state index contributed by atoms with van der Waals surface area (Å²) >= 11 is 5.02. The highest BCUT2D eigenvalue weighted by Crippen LogP contribution is 2.28. The Hall–Kier alpha value is -1.93. The average Bonchev–Trinajstić information content (AvgIpc) is 2.87. The SMILES string of the molecule is Cc1nc(-c2ccc(F)cc2)sc1C(=O)NC(CS)C(=O)O. The summed E-state index contributed by atoms with van der Waals surface area (Å²) in [7, 11) is 0. The number of nitrogens with zero attached hydrogens (tertiary/aromatic N) is 1. The van der Waals surface area contributed by atoms with E-state index in [1.165, 1.54) is 12.1 Å². The number of hydrogen-bond donors (Lipinski definition) is 3. The van der Waals surface area contributed by atoms with Gasteiger partial charge >= 0.3 is 5.97 Å². The van der Waals surface area contributed by atoms with Crippen molar-refractivity contribution in [3.05, 3.63) is 40.7 Å². The minimum atomic E-state index is -1.15. The molecule has 2 N–H and O–H groups in total. The van der Waals surface area contributed by atoms with Crippen molar-refractivity contribution in [2.75, 3.05) is 5.75 Å². The van der Waals surface area contributed by atoms with Crippen LogP contribution in [-0.2, 0) is 4.79 Å². The fraction of sp³-hybridized carbons (Fsp3) is 0.214. The van der Waals surface area contributed by atoms with E-state index in [0.717, 1.165) is 11.3 Å². The molecule has 8 heteroatoms. The van der Waals surface area contributed by atoms with E-state index in [4.69, 9.17) is 5.11 Å². The number of carboxylic acid groups (broad SMARTS) is 1. The molecule has 22 heavy (non-hydrogen) atoms. The van der Waals surface area contributed by atoms with Crippen molar-refractivity contribution in [3.63, 3.8) is 0 Å². The molecule has 0 bridgehead atoms. The van der Waals surface area contributed by atoms with Gasteiger partial charge in [-0.2, -0.15) is 12.6 Å². The van der Waals surface area contributed by atoms with E-state index < -0.39 is 17.9 Å². The zero-order valence-electron chi connectivity index (χ0n) is 11.5. The van der Waals surface area contributed by atoms with Crippen LogP contribution in [0.3, 0.4) is 0 Å². The van der Waals surface area contributed by atoms with Crippen LogP contribution in [0.2, 0.25) is 0 Å². The van der Waals surface area contributed by atoms with E-state index in [1.807, 2.05) is 0 Å². The average molecular weight is 340 g/mol. The number of carbonyl (C=O) groups is 2. The van der Waals surface area contributed by atoms with Crippen LogP contribution < -0.4 is 5.32 Å². The maximum absolute atomic E-state index is 12.9. The first-order valence-electron chi connectivity index (χ1n) is 6.30. The van der Waals surface area contributed by atoms with Crippen LogP contribution >= 0.6 is 24.0 Å². The molecular weight excluding hydrogens is 327 g/mol. The van der Waals surface area contributed by atoms with Gasteiger partial charge in [0, 0.05) is 11.3 Å². The molecule has 0 saturated heterocycles. The van der Waals surface area contributed by atoms with Crippen LogP contribution in [0.4, 0.5) is 4.39 Å². The van der Waals surface area contributed by atoms with Crippen molar-refractivity contribution in [2.45, 2.75) is 13.0 Å². The Balaban J connectivity index is 2.24. The third kappa shape index (κ3) is 3.63. The van der Waals surface area contributed by atoms with Gasteiger partial charge in [-0.15, -0.1) is 11.3 Å². The van der Waals surface area contributed by atoms with Crippen LogP contribution in [0, 0.1) is 12.7 Å². The van der Waals surface area contributed by atoms with E-state index in [1.54, 1.807) is 19.1 Å². The Morgan fingerprint density at radius 3 is 2.59 bits per heavy atom. The summed E-state index contributed by atoms with van der Waals surface area (Å²) in [5.41, 5.74) is 1.18. The normalized spacial score (nSPS) is 12.0. The largest absolute Gasteiger partial charge is 0.480 e. The number of aryl methyl sites for hydroxylation is 1. The van der Waals surface area contributed by atoms with E-state index in [-0.39, 0.29) is 11.6 Å². The first-order valence-corrected chi connectivity index (χ1v) is 7.75. The van der Waals surface area contributed by atoms with Gasteiger partial charge in [0.25, 0.3) is 5.91 Å². The molecular formula is C14H13FN2O3S2. The minimum Gasteiger partial charge on any atom is -0.480 e. The number of rotatable bonds is 5. The number of benzene rings is 1. The van der Waals surface area contributed by atoms with Gasteiger partial charge in [0.1, 0.15) is 21.7 Å². The molecule has 0 saturated carbocycles. The summed E-state index contributed by atoms with van der Waals surface area (Å²) in [5, 5.41) is 11.9. The Morgan fingerprint density at radius 2 is 2.05 bits per heavy atom. The zero-order valence-corrected chi connectivity index (χ0v) is 13.2. The van der Waals surface area contributed by atoms with Crippen LogP contribution in [0.1, 0.15) is 15.4 Å².